The Bertz CT molecular complexity index is 736. The molecule has 0 saturated carbocycles. The van der Waals surface area contributed by atoms with Crippen molar-refractivity contribution >= 4 is 16.1 Å². The van der Waals surface area contributed by atoms with Gasteiger partial charge in [0.15, 0.2) is 6.10 Å². The summed E-state index contributed by atoms with van der Waals surface area (Å²) in [5, 5.41) is 0. The van der Waals surface area contributed by atoms with E-state index in [1.165, 1.54) is 19.2 Å². The second-order valence-corrected chi connectivity index (χ2v) is 6.25. The predicted octanol–water partition coefficient (Wildman–Crippen LogP) is 2.61. The van der Waals surface area contributed by atoms with E-state index in [1.54, 1.807) is 42.5 Å². The van der Waals surface area contributed by atoms with Gasteiger partial charge in [0.05, 0.1) is 12.0 Å². The van der Waals surface area contributed by atoms with Crippen LogP contribution in [0.25, 0.3) is 0 Å². The van der Waals surface area contributed by atoms with E-state index in [0.29, 0.717) is 5.56 Å². The lowest BCUT2D eigenvalue weighted by Gasteiger charge is -2.15. The van der Waals surface area contributed by atoms with Crippen LogP contribution in [0.4, 0.5) is 0 Å². The summed E-state index contributed by atoms with van der Waals surface area (Å²) in [7, 11) is -2.90. The number of carbonyl (C=O) groups excluding carboxylic acids is 1. The van der Waals surface area contributed by atoms with Crippen molar-refractivity contribution in [2.45, 2.75) is 17.9 Å². The predicted molar refractivity (Wildman–Crippen MR) is 80.6 cm³/mol. The Morgan fingerprint density at radius 3 is 2.14 bits per heavy atom. The minimum Gasteiger partial charge on any atom is -0.467 e. The van der Waals surface area contributed by atoms with Crippen molar-refractivity contribution in [2.24, 2.45) is 0 Å². The highest BCUT2D eigenvalue weighted by molar-refractivity contribution is 7.86. The summed E-state index contributed by atoms with van der Waals surface area (Å²) < 4.78 is 34.4. The molecule has 0 N–H and O–H groups in total. The van der Waals surface area contributed by atoms with E-state index in [1.807, 2.05) is 6.92 Å². The number of ether oxygens (including phenoxy) is 1. The third-order valence-corrected chi connectivity index (χ3v) is 4.35. The molecule has 0 aromatic heterocycles. The molecule has 5 nitrogen and oxygen atoms in total. The first kappa shape index (κ1) is 16.2. The van der Waals surface area contributed by atoms with Crippen LogP contribution >= 0.6 is 0 Å². The van der Waals surface area contributed by atoms with Crippen molar-refractivity contribution < 1.29 is 22.1 Å². The van der Waals surface area contributed by atoms with E-state index in [2.05, 4.69) is 4.74 Å². The molecule has 0 saturated heterocycles. The highest BCUT2D eigenvalue weighted by Gasteiger charge is 2.29. The van der Waals surface area contributed by atoms with Gasteiger partial charge >= 0.3 is 5.97 Å². The lowest BCUT2D eigenvalue weighted by molar-refractivity contribution is -0.149. The molecular weight excluding hydrogens is 304 g/mol. The first-order valence-corrected chi connectivity index (χ1v) is 7.97. The van der Waals surface area contributed by atoms with Crippen molar-refractivity contribution in [2.75, 3.05) is 7.11 Å². The fourth-order valence-electron chi connectivity index (χ4n) is 1.85. The molecule has 22 heavy (non-hydrogen) atoms. The van der Waals surface area contributed by atoms with Gasteiger partial charge in [0.25, 0.3) is 10.1 Å². The standard InChI is InChI=1S/C16H16O5S/c1-12-8-10-14(11-9-12)22(18,19)21-15(16(17)20-2)13-6-4-3-5-7-13/h3-11,15H,1-2H3/t15-/m1/s1. The van der Waals surface area contributed by atoms with Gasteiger partial charge in [-0.15, -0.1) is 0 Å². The van der Waals surface area contributed by atoms with E-state index in [9.17, 15) is 13.2 Å². The lowest BCUT2D eigenvalue weighted by Crippen LogP contribution is -2.21. The SMILES string of the molecule is COC(=O)[C@H](OS(=O)(=O)c1ccc(C)cc1)c1ccccc1. The third-order valence-electron chi connectivity index (χ3n) is 3.05. The van der Waals surface area contributed by atoms with Crippen LogP contribution in [0.2, 0.25) is 0 Å². The van der Waals surface area contributed by atoms with Crippen LogP contribution in [0.3, 0.4) is 0 Å². The molecule has 0 amide bonds. The quantitative estimate of drug-likeness (QED) is 0.625. The first-order valence-electron chi connectivity index (χ1n) is 6.57. The van der Waals surface area contributed by atoms with Crippen LogP contribution in [-0.4, -0.2) is 21.5 Å². The molecular formula is C16H16O5S. The maximum Gasteiger partial charge on any atom is 0.341 e. The lowest BCUT2D eigenvalue weighted by atomic mass is 10.1. The summed E-state index contributed by atoms with van der Waals surface area (Å²) in [5.41, 5.74) is 1.33. The summed E-state index contributed by atoms with van der Waals surface area (Å²) in [6, 6.07) is 14.5. The molecule has 2 aromatic carbocycles. The molecule has 1 atom stereocenters. The molecule has 0 aliphatic heterocycles. The molecule has 116 valence electrons. The molecule has 2 aromatic rings. The van der Waals surface area contributed by atoms with Crippen molar-refractivity contribution in [3.8, 4) is 0 Å². The highest BCUT2D eigenvalue weighted by atomic mass is 32.2. The topological polar surface area (TPSA) is 69.7 Å². The van der Waals surface area contributed by atoms with Crippen LogP contribution < -0.4 is 0 Å². The molecule has 0 heterocycles. The highest BCUT2D eigenvalue weighted by Crippen LogP contribution is 2.25. The molecule has 0 unspecified atom stereocenters. The van der Waals surface area contributed by atoms with Gasteiger partial charge < -0.3 is 4.74 Å². The van der Waals surface area contributed by atoms with E-state index < -0.39 is 22.2 Å². The number of benzene rings is 2. The van der Waals surface area contributed by atoms with Crippen molar-refractivity contribution in [1.29, 1.82) is 0 Å². The largest absolute Gasteiger partial charge is 0.467 e. The Morgan fingerprint density at radius 1 is 1.00 bits per heavy atom. The second kappa shape index (κ2) is 6.72. The Labute approximate surface area is 129 Å². The molecule has 0 aliphatic rings. The molecule has 2 rings (SSSR count). The zero-order valence-electron chi connectivity index (χ0n) is 12.2. The number of rotatable bonds is 5. The van der Waals surface area contributed by atoms with Gasteiger partial charge in [-0.3, -0.25) is 0 Å². The van der Waals surface area contributed by atoms with Crippen LogP contribution in [0.15, 0.2) is 59.5 Å². The van der Waals surface area contributed by atoms with E-state index in [4.69, 9.17) is 4.18 Å². The minimum atomic E-state index is -4.08. The summed E-state index contributed by atoms with van der Waals surface area (Å²) in [4.78, 5) is 11.9. The Kier molecular flexibility index (Phi) is 4.95. The van der Waals surface area contributed by atoms with Gasteiger partial charge in [-0.2, -0.15) is 8.42 Å². The molecule has 0 radical (unpaired) electrons. The van der Waals surface area contributed by atoms with Crippen LogP contribution in [-0.2, 0) is 23.8 Å². The Morgan fingerprint density at radius 2 is 1.59 bits per heavy atom. The van der Waals surface area contributed by atoms with Crippen molar-refractivity contribution in [1.82, 2.24) is 0 Å². The van der Waals surface area contributed by atoms with E-state index >= 15 is 0 Å². The van der Waals surface area contributed by atoms with Gasteiger partial charge in [-0.25, -0.2) is 8.98 Å². The molecule has 0 aliphatic carbocycles. The van der Waals surface area contributed by atoms with Crippen LogP contribution in [0.5, 0.6) is 0 Å². The van der Waals surface area contributed by atoms with Gasteiger partial charge in [0, 0.05) is 0 Å². The first-order chi connectivity index (χ1) is 10.4. The maximum atomic E-state index is 12.3. The van der Waals surface area contributed by atoms with E-state index in [0.717, 1.165) is 5.56 Å². The van der Waals surface area contributed by atoms with Gasteiger partial charge in [-0.05, 0) is 24.6 Å². The van der Waals surface area contributed by atoms with Crippen LogP contribution in [0.1, 0.15) is 17.2 Å². The average molecular weight is 320 g/mol. The number of esters is 1. The number of hydrogen-bond donors (Lipinski definition) is 0. The van der Waals surface area contributed by atoms with Crippen LogP contribution in [0, 0.1) is 6.92 Å². The minimum absolute atomic E-state index is 0.0112. The third kappa shape index (κ3) is 3.72. The molecule has 0 bridgehead atoms. The average Bonchev–Trinajstić information content (AvgIpc) is 2.53. The number of methoxy groups -OCH3 is 1. The number of carbonyl (C=O) groups is 1. The Balaban J connectivity index is 2.34. The molecule has 6 heteroatoms. The fourth-order valence-corrected chi connectivity index (χ4v) is 2.88. The summed E-state index contributed by atoms with van der Waals surface area (Å²) in [5.74, 6) is -0.776. The second-order valence-electron chi connectivity index (χ2n) is 4.68. The summed E-state index contributed by atoms with van der Waals surface area (Å²) in [6.45, 7) is 1.85. The number of hydrogen-bond acceptors (Lipinski definition) is 5. The summed E-state index contributed by atoms with van der Waals surface area (Å²) >= 11 is 0. The van der Waals surface area contributed by atoms with Gasteiger partial charge in [-0.1, -0.05) is 48.0 Å². The monoisotopic (exact) mass is 320 g/mol. The van der Waals surface area contributed by atoms with Gasteiger partial charge in [0.2, 0.25) is 0 Å². The summed E-state index contributed by atoms with van der Waals surface area (Å²) in [6.07, 6.45) is -1.34. The zero-order valence-corrected chi connectivity index (χ0v) is 13.0. The zero-order chi connectivity index (χ0) is 16.2. The molecule has 0 spiro atoms. The van der Waals surface area contributed by atoms with E-state index in [-0.39, 0.29) is 4.90 Å². The Hall–Kier alpha value is -2.18. The normalized spacial score (nSPS) is 12.6. The molecule has 0 fully saturated rings. The van der Waals surface area contributed by atoms with Crippen molar-refractivity contribution in [3.63, 3.8) is 0 Å². The number of aryl methyl sites for hydroxylation is 1. The van der Waals surface area contributed by atoms with Crippen molar-refractivity contribution in [3.05, 3.63) is 65.7 Å². The fraction of sp³-hybridized carbons (Fsp3) is 0.188. The smallest absolute Gasteiger partial charge is 0.341 e. The maximum absolute atomic E-state index is 12.3. The van der Waals surface area contributed by atoms with Gasteiger partial charge in [0.1, 0.15) is 0 Å².